The lowest BCUT2D eigenvalue weighted by atomic mass is 9.85. The van der Waals surface area contributed by atoms with E-state index in [0.29, 0.717) is 5.69 Å². The summed E-state index contributed by atoms with van der Waals surface area (Å²) in [5.74, 6) is -1.69. The molecule has 9 nitrogen and oxygen atoms in total. The van der Waals surface area contributed by atoms with Gasteiger partial charge in [-0.1, -0.05) is 48.5 Å². The van der Waals surface area contributed by atoms with Crippen LogP contribution in [-0.2, 0) is 14.3 Å². The first-order chi connectivity index (χ1) is 19.4. The van der Waals surface area contributed by atoms with Crippen LogP contribution in [0.15, 0.2) is 72.8 Å². The summed E-state index contributed by atoms with van der Waals surface area (Å²) in [4.78, 5) is 55.7. The summed E-state index contributed by atoms with van der Waals surface area (Å²) in [6, 6.07) is 19.8. The van der Waals surface area contributed by atoms with E-state index in [1.165, 1.54) is 23.0 Å². The second-order valence-corrected chi connectivity index (χ2v) is 11.2. The van der Waals surface area contributed by atoms with Gasteiger partial charge in [0.05, 0.1) is 12.7 Å². The zero-order chi connectivity index (χ0) is 29.9. The van der Waals surface area contributed by atoms with Gasteiger partial charge in [-0.25, -0.2) is 9.59 Å². The molecule has 0 saturated heterocycles. The van der Waals surface area contributed by atoms with E-state index in [0.717, 1.165) is 16.7 Å². The number of nitrogens with zero attached hydrogens (tertiary/aromatic N) is 2. The van der Waals surface area contributed by atoms with Gasteiger partial charge in [0, 0.05) is 22.8 Å². The van der Waals surface area contributed by atoms with Gasteiger partial charge in [-0.3, -0.25) is 14.5 Å². The van der Waals surface area contributed by atoms with E-state index in [9.17, 15) is 19.2 Å². The first-order valence-electron chi connectivity index (χ1n) is 13.4. The smallest absolute Gasteiger partial charge is 0.337 e. The second-order valence-electron chi connectivity index (χ2n) is 11.2. The number of hydrogen-bond acceptors (Lipinski definition) is 5. The highest BCUT2D eigenvalue weighted by molar-refractivity contribution is 6.09. The number of fused-ring (bicyclic) bond motifs is 1. The first-order valence-corrected chi connectivity index (χ1v) is 13.4. The fourth-order valence-corrected chi connectivity index (χ4v) is 5.27. The zero-order valence-electron chi connectivity index (χ0n) is 24.0. The monoisotopic (exact) mass is 556 g/mol. The van der Waals surface area contributed by atoms with Gasteiger partial charge >= 0.3 is 12.0 Å². The molecule has 0 radical (unpaired) electrons. The van der Waals surface area contributed by atoms with E-state index in [2.05, 4.69) is 5.32 Å². The summed E-state index contributed by atoms with van der Waals surface area (Å²) in [7, 11) is 1.26. The Hall–Kier alpha value is -4.66. The van der Waals surface area contributed by atoms with Gasteiger partial charge in [0.15, 0.2) is 0 Å². The fourth-order valence-electron chi connectivity index (χ4n) is 5.27. The number of nitrogens with one attached hydrogen (secondary N) is 1. The van der Waals surface area contributed by atoms with Gasteiger partial charge in [-0.15, -0.1) is 0 Å². The summed E-state index contributed by atoms with van der Waals surface area (Å²) in [6.07, 6.45) is 0.196. The van der Waals surface area contributed by atoms with Crippen molar-refractivity contribution >= 4 is 35.2 Å². The van der Waals surface area contributed by atoms with Crippen molar-refractivity contribution in [1.82, 2.24) is 5.32 Å². The third-order valence-electron chi connectivity index (χ3n) is 6.97. The number of anilines is 2. The molecule has 1 aliphatic heterocycles. The van der Waals surface area contributed by atoms with Crippen LogP contribution in [0, 0.1) is 6.92 Å². The molecule has 0 spiro atoms. The highest BCUT2D eigenvalue weighted by atomic mass is 16.5. The van der Waals surface area contributed by atoms with Crippen LogP contribution < -0.4 is 20.9 Å². The molecule has 0 aliphatic carbocycles. The van der Waals surface area contributed by atoms with E-state index in [-0.39, 0.29) is 36.0 Å². The van der Waals surface area contributed by atoms with Crippen molar-refractivity contribution in [3.05, 3.63) is 95.1 Å². The van der Waals surface area contributed by atoms with E-state index in [4.69, 9.17) is 10.5 Å². The van der Waals surface area contributed by atoms with Crippen molar-refractivity contribution in [1.29, 1.82) is 0 Å². The molecule has 2 atom stereocenters. The van der Waals surface area contributed by atoms with Crippen LogP contribution >= 0.6 is 0 Å². The molecule has 3 aromatic carbocycles. The molecule has 41 heavy (non-hydrogen) atoms. The number of aryl methyl sites for hydroxylation is 1. The molecular formula is C32H36N4O5. The summed E-state index contributed by atoms with van der Waals surface area (Å²) >= 11 is 0. The Morgan fingerprint density at radius 1 is 1.02 bits per heavy atom. The van der Waals surface area contributed by atoms with E-state index < -0.39 is 29.5 Å². The predicted octanol–water partition coefficient (Wildman–Crippen LogP) is 4.52. The normalized spacial score (nSPS) is 16.8. The Morgan fingerprint density at radius 3 is 2.37 bits per heavy atom. The Balaban J connectivity index is 1.91. The van der Waals surface area contributed by atoms with Gasteiger partial charge in [0.2, 0.25) is 5.91 Å². The molecule has 3 aromatic rings. The largest absolute Gasteiger partial charge is 0.465 e. The van der Waals surface area contributed by atoms with Crippen LogP contribution in [0.1, 0.15) is 60.2 Å². The molecule has 1 heterocycles. The first kappa shape index (κ1) is 29.3. The van der Waals surface area contributed by atoms with Crippen molar-refractivity contribution in [3.63, 3.8) is 0 Å². The molecule has 0 bridgehead atoms. The molecule has 4 rings (SSSR count). The van der Waals surface area contributed by atoms with Crippen LogP contribution in [-0.4, -0.2) is 49.1 Å². The number of esters is 1. The number of carbonyl (C=O) groups excluding carboxylic acids is 4. The van der Waals surface area contributed by atoms with E-state index in [1.54, 1.807) is 18.2 Å². The number of benzene rings is 3. The maximum Gasteiger partial charge on any atom is 0.337 e. The second kappa shape index (κ2) is 11.8. The summed E-state index contributed by atoms with van der Waals surface area (Å²) in [6.45, 7) is 7.27. The Morgan fingerprint density at radius 2 is 1.73 bits per heavy atom. The minimum Gasteiger partial charge on any atom is -0.465 e. The third-order valence-corrected chi connectivity index (χ3v) is 6.97. The lowest BCUT2D eigenvalue weighted by molar-refractivity contribution is -0.125. The van der Waals surface area contributed by atoms with Gasteiger partial charge in [0.1, 0.15) is 12.6 Å². The number of carbonyl (C=O) groups is 4. The number of primary amides is 1. The molecule has 4 amide bonds. The number of nitrogens with two attached hydrogens (primary N) is 1. The third kappa shape index (κ3) is 6.57. The fraction of sp³-hybridized carbons (Fsp3) is 0.312. The van der Waals surface area contributed by atoms with Crippen LogP contribution in [0.3, 0.4) is 0 Å². The van der Waals surface area contributed by atoms with Gasteiger partial charge < -0.3 is 20.7 Å². The maximum atomic E-state index is 14.5. The molecule has 0 fully saturated rings. The van der Waals surface area contributed by atoms with Crippen molar-refractivity contribution in [2.75, 3.05) is 23.5 Å². The molecule has 0 aromatic heterocycles. The SMILES string of the molecule is COC(=O)c1cccc(N(C(N)=O)C2CC(c3ccccc3)c3ccc(C)cc3N(CC(=O)NC(C)(C)C)C2=O)c1. The number of amides is 4. The van der Waals surface area contributed by atoms with Gasteiger partial charge in [-0.05, 0) is 75.1 Å². The molecule has 2 unspecified atom stereocenters. The van der Waals surface area contributed by atoms with Gasteiger partial charge in [0.25, 0.3) is 5.91 Å². The highest BCUT2D eigenvalue weighted by Crippen LogP contribution is 2.41. The molecule has 3 N–H and O–H groups in total. The Labute approximate surface area is 240 Å². The summed E-state index contributed by atoms with van der Waals surface area (Å²) in [5.41, 5.74) is 9.22. The van der Waals surface area contributed by atoms with Crippen LogP contribution in [0.2, 0.25) is 0 Å². The minimum absolute atomic E-state index is 0.196. The predicted molar refractivity (Wildman–Crippen MR) is 158 cm³/mol. The van der Waals surface area contributed by atoms with Crippen molar-refractivity contribution in [2.45, 2.75) is 51.6 Å². The quantitative estimate of drug-likeness (QED) is 0.433. The lowest BCUT2D eigenvalue weighted by Crippen LogP contribution is -2.55. The van der Waals surface area contributed by atoms with Crippen LogP contribution in [0.4, 0.5) is 16.2 Å². The summed E-state index contributed by atoms with van der Waals surface area (Å²) in [5, 5.41) is 2.93. The van der Waals surface area contributed by atoms with E-state index in [1.807, 2.05) is 76.2 Å². The highest BCUT2D eigenvalue weighted by Gasteiger charge is 2.41. The van der Waals surface area contributed by atoms with Crippen LogP contribution in [0.25, 0.3) is 0 Å². The molecule has 214 valence electrons. The van der Waals surface area contributed by atoms with Crippen molar-refractivity contribution in [2.24, 2.45) is 5.73 Å². The van der Waals surface area contributed by atoms with E-state index >= 15 is 0 Å². The minimum atomic E-state index is -1.08. The van der Waals surface area contributed by atoms with Crippen molar-refractivity contribution < 1.29 is 23.9 Å². The molecule has 0 saturated carbocycles. The maximum absolute atomic E-state index is 14.5. The number of urea groups is 1. The van der Waals surface area contributed by atoms with Gasteiger partial charge in [-0.2, -0.15) is 0 Å². The Kier molecular flexibility index (Phi) is 8.47. The topological polar surface area (TPSA) is 122 Å². The standard InChI is InChI=1S/C32H36N4O5/c1-20-14-15-24-25(21-10-7-6-8-11-21)18-27(29(38)35(26(24)16-20)19-28(37)34-32(2,3)4)36(31(33)40)23-13-9-12-22(17-23)30(39)41-5/h6-17,25,27H,18-19H2,1-5H3,(H2,33,40)(H,34,37). The van der Waals surface area contributed by atoms with Crippen molar-refractivity contribution in [3.8, 4) is 0 Å². The average Bonchev–Trinajstić information content (AvgIpc) is 3.03. The number of rotatable bonds is 6. The average molecular weight is 557 g/mol. The molecule has 9 heteroatoms. The number of ether oxygens (including phenoxy) is 1. The molecular weight excluding hydrogens is 520 g/mol. The number of hydrogen-bond donors (Lipinski definition) is 2. The number of methoxy groups -OCH3 is 1. The summed E-state index contributed by atoms with van der Waals surface area (Å²) < 4.78 is 4.85. The zero-order valence-corrected chi connectivity index (χ0v) is 24.0. The molecule has 1 aliphatic rings. The Bertz CT molecular complexity index is 1460. The van der Waals surface area contributed by atoms with Crippen LogP contribution in [0.5, 0.6) is 0 Å². The lowest BCUT2D eigenvalue weighted by Gasteiger charge is -2.33.